The molecule has 1 aromatic carbocycles. The van der Waals surface area contributed by atoms with Gasteiger partial charge in [0.05, 0.1) is 18.3 Å². The molecular formula is C22H21N3O5. The predicted octanol–water partition coefficient (Wildman–Crippen LogP) is 1.91. The minimum atomic E-state index is -0.637. The average molecular weight is 407 g/mol. The molecule has 0 aliphatic heterocycles. The molecule has 0 atom stereocenters. The number of aromatic nitrogens is 2. The molecule has 3 rings (SSSR count). The Bertz CT molecular complexity index is 1200. The Labute approximate surface area is 172 Å². The molecule has 0 saturated carbocycles. The van der Waals surface area contributed by atoms with E-state index in [4.69, 9.17) is 4.74 Å². The van der Waals surface area contributed by atoms with Gasteiger partial charge >= 0.3 is 0 Å². The molecule has 30 heavy (non-hydrogen) atoms. The van der Waals surface area contributed by atoms with Crippen LogP contribution in [0.15, 0.2) is 53.6 Å². The number of benzene rings is 1. The van der Waals surface area contributed by atoms with Gasteiger partial charge in [0.25, 0.3) is 11.5 Å². The third-order valence-corrected chi connectivity index (χ3v) is 4.59. The lowest BCUT2D eigenvalue weighted by Gasteiger charge is -2.09. The Kier molecular flexibility index (Phi) is 6.38. The molecule has 0 saturated heterocycles. The van der Waals surface area contributed by atoms with Crippen LogP contribution in [0.2, 0.25) is 0 Å². The molecule has 2 heterocycles. The highest BCUT2D eigenvalue weighted by Gasteiger charge is 2.19. The lowest BCUT2D eigenvalue weighted by Crippen LogP contribution is -2.26. The minimum absolute atomic E-state index is 0.261. The van der Waals surface area contributed by atoms with Gasteiger partial charge in [-0.1, -0.05) is 18.2 Å². The number of amides is 1. The van der Waals surface area contributed by atoms with E-state index in [-0.39, 0.29) is 17.2 Å². The number of aromatic hydroxyl groups is 1. The number of ketones is 1. The van der Waals surface area contributed by atoms with Crippen LogP contribution in [0.4, 0.5) is 0 Å². The first-order valence-corrected chi connectivity index (χ1v) is 9.19. The highest BCUT2D eigenvalue weighted by Crippen LogP contribution is 2.25. The molecule has 0 aliphatic carbocycles. The monoisotopic (exact) mass is 407 g/mol. The smallest absolute Gasteiger partial charge is 0.265 e. The van der Waals surface area contributed by atoms with Crippen molar-refractivity contribution in [1.82, 2.24) is 14.9 Å². The zero-order valence-electron chi connectivity index (χ0n) is 16.6. The summed E-state index contributed by atoms with van der Waals surface area (Å²) in [6.07, 6.45) is 5.61. The molecule has 0 fully saturated rings. The maximum absolute atomic E-state index is 12.7. The van der Waals surface area contributed by atoms with Gasteiger partial charge in [0.1, 0.15) is 11.3 Å². The van der Waals surface area contributed by atoms with E-state index in [1.165, 1.54) is 42.2 Å². The number of fused-ring (bicyclic) bond motifs is 1. The van der Waals surface area contributed by atoms with Crippen LogP contribution in [0.3, 0.4) is 0 Å². The average Bonchev–Trinajstić information content (AvgIpc) is 2.76. The highest BCUT2D eigenvalue weighted by atomic mass is 16.5. The number of carbonyl (C=O) groups is 2. The van der Waals surface area contributed by atoms with Crippen molar-refractivity contribution >= 4 is 28.7 Å². The summed E-state index contributed by atoms with van der Waals surface area (Å²) in [7, 11) is 3.06. The van der Waals surface area contributed by atoms with Crippen LogP contribution < -0.4 is 10.9 Å². The number of methoxy groups -OCH3 is 1. The predicted molar refractivity (Wildman–Crippen MR) is 113 cm³/mol. The second-order valence-electron chi connectivity index (χ2n) is 6.55. The fourth-order valence-corrected chi connectivity index (χ4v) is 3.00. The van der Waals surface area contributed by atoms with Gasteiger partial charge in [-0.2, -0.15) is 0 Å². The normalized spacial score (nSPS) is 11.1. The zero-order chi connectivity index (χ0) is 21.7. The Morgan fingerprint density at radius 1 is 1.30 bits per heavy atom. The fourth-order valence-electron chi connectivity index (χ4n) is 3.00. The van der Waals surface area contributed by atoms with Crippen molar-refractivity contribution in [2.75, 3.05) is 20.3 Å². The first kappa shape index (κ1) is 20.9. The number of rotatable bonds is 7. The number of nitrogens with zero attached hydrogens (tertiary/aromatic N) is 2. The lowest BCUT2D eigenvalue weighted by atomic mass is 10.1. The molecule has 2 aromatic heterocycles. The first-order valence-electron chi connectivity index (χ1n) is 9.19. The molecular weight excluding hydrogens is 386 g/mol. The molecule has 0 bridgehead atoms. The summed E-state index contributed by atoms with van der Waals surface area (Å²) < 4.78 is 6.17. The van der Waals surface area contributed by atoms with Gasteiger partial charge in [-0.25, -0.2) is 0 Å². The van der Waals surface area contributed by atoms with Crippen molar-refractivity contribution in [3.05, 3.63) is 75.8 Å². The van der Waals surface area contributed by atoms with Gasteiger partial charge in [0.2, 0.25) is 0 Å². The topological polar surface area (TPSA) is 111 Å². The van der Waals surface area contributed by atoms with Crippen LogP contribution in [-0.2, 0) is 11.8 Å². The summed E-state index contributed by atoms with van der Waals surface area (Å²) in [6.45, 7) is 0.786. The summed E-state index contributed by atoms with van der Waals surface area (Å²) >= 11 is 0. The van der Waals surface area contributed by atoms with Gasteiger partial charge in [0.15, 0.2) is 5.78 Å². The van der Waals surface area contributed by atoms with Crippen molar-refractivity contribution in [2.24, 2.45) is 7.05 Å². The number of pyridine rings is 2. The van der Waals surface area contributed by atoms with Crippen molar-refractivity contribution in [3.8, 4) is 5.75 Å². The van der Waals surface area contributed by atoms with Crippen LogP contribution in [-0.4, -0.2) is 46.6 Å². The lowest BCUT2D eigenvalue weighted by molar-refractivity contribution is 0.0936. The quantitative estimate of drug-likeness (QED) is 0.352. The van der Waals surface area contributed by atoms with E-state index in [2.05, 4.69) is 10.3 Å². The number of hydrogen-bond acceptors (Lipinski definition) is 6. The van der Waals surface area contributed by atoms with Gasteiger partial charge in [0, 0.05) is 37.8 Å². The second kappa shape index (κ2) is 9.15. The van der Waals surface area contributed by atoms with E-state index in [9.17, 15) is 19.5 Å². The number of carbonyl (C=O) groups excluding carboxylic acids is 2. The number of aryl methyl sites for hydroxylation is 1. The third-order valence-electron chi connectivity index (χ3n) is 4.59. The molecule has 1 amide bonds. The van der Waals surface area contributed by atoms with Crippen LogP contribution in [0.1, 0.15) is 26.3 Å². The minimum Gasteiger partial charge on any atom is -0.506 e. The molecule has 0 radical (unpaired) electrons. The van der Waals surface area contributed by atoms with Crippen LogP contribution in [0.25, 0.3) is 17.0 Å². The van der Waals surface area contributed by atoms with E-state index in [1.54, 1.807) is 31.4 Å². The number of nitrogens with one attached hydrogen (secondary N) is 1. The van der Waals surface area contributed by atoms with Gasteiger partial charge < -0.3 is 19.7 Å². The van der Waals surface area contributed by atoms with Gasteiger partial charge in [-0.05, 0) is 29.8 Å². The summed E-state index contributed by atoms with van der Waals surface area (Å²) in [4.78, 5) is 41.3. The number of ether oxygens (including phenoxy) is 1. The van der Waals surface area contributed by atoms with E-state index >= 15 is 0 Å². The Balaban J connectivity index is 1.88. The number of hydrogen-bond donors (Lipinski definition) is 2. The second-order valence-corrected chi connectivity index (χ2v) is 6.55. The van der Waals surface area contributed by atoms with Crippen molar-refractivity contribution in [1.29, 1.82) is 0 Å². The van der Waals surface area contributed by atoms with E-state index < -0.39 is 11.3 Å². The summed E-state index contributed by atoms with van der Waals surface area (Å²) in [6, 6.07) is 8.22. The highest BCUT2D eigenvalue weighted by molar-refractivity contribution is 6.11. The van der Waals surface area contributed by atoms with Crippen molar-refractivity contribution < 1.29 is 19.4 Å². The summed E-state index contributed by atoms with van der Waals surface area (Å²) in [5.74, 6) is -1.28. The van der Waals surface area contributed by atoms with Crippen LogP contribution in [0, 0.1) is 0 Å². The van der Waals surface area contributed by atoms with E-state index in [0.29, 0.717) is 35.2 Å². The van der Waals surface area contributed by atoms with Gasteiger partial charge in [-0.3, -0.25) is 19.4 Å². The van der Waals surface area contributed by atoms with Crippen molar-refractivity contribution in [2.45, 2.75) is 0 Å². The molecule has 0 spiro atoms. The zero-order valence-corrected chi connectivity index (χ0v) is 16.6. The fraction of sp³-hybridized carbons (Fsp3) is 0.182. The largest absolute Gasteiger partial charge is 0.506 e. The van der Waals surface area contributed by atoms with Crippen molar-refractivity contribution in [3.63, 3.8) is 0 Å². The summed E-state index contributed by atoms with van der Waals surface area (Å²) in [5.41, 5.74) is 0.518. The third kappa shape index (κ3) is 4.28. The number of allylic oxidation sites excluding steroid dienone is 1. The molecule has 0 unspecified atom stereocenters. The Hall–Kier alpha value is -3.78. The van der Waals surface area contributed by atoms with Crippen LogP contribution in [0.5, 0.6) is 5.75 Å². The maximum atomic E-state index is 12.7. The SMILES string of the molecule is COCCNC(=O)c1cccc(C=CC(=O)c2c(O)c3ccncc3n(C)c2=O)c1. The first-order chi connectivity index (χ1) is 14.4. The molecule has 2 N–H and O–H groups in total. The Morgan fingerprint density at radius 2 is 2.10 bits per heavy atom. The molecule has 8 nitrogen and oxygen atoms in total. The van der Waals surface area contributed by atoms with E-state index in [1.807, 2.05) is 0 Å². The Morgan fingerprint density at radius 3 is 2.87 bits per heavy atom. The molecule has 154 valence electrons. The van der Waals surface area contributed by atoms with Crippen LogP contribution >= 0.6 is 0 Å². The summed E-state index contributed by atoms with van der Waals surface area (Å²) in [5, 5.41) is 13.6. The van der Waals surface area contributed by atoms with Gasteiger partial charge in [-0.15, -0.1) is 0 Å². The van der Waals surface area contributed by atoms with E-state index in [0.717, 1.165) is 0 Å². The molecule has 3 aromatic rings. The maximum Gasteiger partial charge on any atom is 0.265 e. The molecule has 8 heteroatoms. The molecule has 0 aliphatic rings. The standard InChI is InChI=1S/C22H21N3O5/c1-25-17-13-23-9-8-16(17)20(27)19(22(25)29)18(26)7-6-14-4-3-5-15(12-14)21(28)24-10-11-30-2/h3-9,12-13,27H,10-11H2,1-2H3,(H,24,28).